The van der Waals surface area contributed by atoms with Gasteiger partial charge in [-0.25, -0.2) is 0 Å². The van der Waals surface area contributed by atoms with E-state index in [0.717, 1.165) is 89.9 Å². The fraction of sp³-hybridized carbons (Fsp3) is 0.791. The van der Waals surface area contributed by atoms with Gasteiger partial charge in [-0.3, -0.25) is 9.59 Å². The normalized spacial score (nSPS) is 12.7. The lowest BCUT2D eigenvalue weighted by Crippen LogP contribution is -2.30. The molecule has 0 heterocycles. The molecule has 0 aliphatic carbocycles. The van der Waals surface area contributed by atoms with E-state index in [9.17, 15) is 9.59 Å². The second kappa shape index (κ2) is 62.6. The Hall–Kier alpha value is -2.66. The van der Waals surface area contributed by atoms with Gasteiger partial charge in [-0.2, -0.15) is 0 Å². The number of rotatable bonds is 58. The zero-order valence-electron chi connectivity index (χ0n) is 48.2. The molecule has 0 fully saturated rings. The van der Waals surface area contributed by atoms with Crippen LogP contribution in [0.2, 0.25) is 0 Å². The van der Waals surface area contributed by atoms with E-state index in [4.69, 9.17) is 14.2 Å². The van der Waals surface area contributed by atoms with Crippen LogP contribution >= 0.6 is 0 Å². The van der Waals surface area contributed by atoms with E-state index >= 15 is 0 Å². The zero-order valence-corrected chi connectivity index (χ0v) is 48.2. The van der Waals surface area contributed by atoms with Crippen LogP contribution in [-0.4, -0.2) is 37.9 Å². The molecule has 0 aromatic carbocycles. The number of esters is 2. The predicted octanol–water partition coefficient (Wildman–Crippen LogP) is 21.8. The highest BCUT2D eigenvalue weighted by molar-refractivity contribution is 5.70. The van der Waals surface area contributed by atoms with E-state index in [2.05, 4.69) is 93.7 Å². The zero-order chi connectivity index (χ0) is 52.0. The summed E-state index contributed by atoms with van der Waals surface area (Å²) >= 11 is 0. The van der Waals surface area contributed by atoms with Crippen molar-refractivity contribution in [3.05, 3.63) is 72.9 Å². The van der Waals surface area contributed by atoms with E-state index in [1.165, 1.54) is 193 Å². The van der Waals surface area contributed by atoms with Gasteiger partial charge in [0.25, 0.3) is 0 Å². The van der Waals surface area contributed by atoms with E-state index in [-0.39, 0.29) is 25.2 Å². The first-order valence-corrected chi connectivity index (χ1v) is 31.5. The van der Waals surface area contributed by atoms with Crippen molar-refractivity contribution in [3.63, 3.8) is 0 Å². The molecule has 1 atom stereocenters. The number of hydrogen-bond donors (Lipinski definition) is 0. The Balaban J connectivity index is 4.32. The van der Waals surface area contributed by atoms with E-state index < -0.39 is 6.10 Å². The van der Waals surface area contributed by atoms with Crippen molar-refractivity contribution in [1.82, 2.24) is 0 Å². The molecular weight excluding hydrogens is 885 g/mol. The van der Waals surface area contributed by atoms with Crippen molar-refractivity contribution < 1.29 is 23.8 Å². The van der Waals surface area contributed by atoms with Crippen LogP contribution in [-0.2, 0) is 23.8 Å². The highest BCUT2D eigenvalue weighted by atomic mass is 16.6. The van der Waals surface area contributed by atoms with Crippen LogP contribution in [0.25, 0.3) is 0 Å². The summed E-state index contributed by atoms with van der Waals surface area (Å²) in [5, 5.41) is 0. The summed E-state index contributed by atoms with van der Waals surface area (Å²) in [6, 6.07) is 0. The second-order valence-corrected chi connectivity index (χ2v) is 21.0. The summed E-state index contributed by atoms with van der Waals surface area (Å²) in [6.07, 6.45) is 82.1. The summed E-state index contributed by atoms with van der Waals surface area (Å²) in [4.78, 5) is 25.6. The molecule has 0 radical (unpaired) electrons. The lowest BCUT2D eigenvalue weighted by molar-refractivity contribution is -0.163. The molecule has 0 aliphatic rings. The molecular formula is C67H120O5. The van der Waals surface area contributed by atoms with Gasteiger partial charge in [0.15, 0.2) is 6.10 Å². The van der Waals surface area contributed by atoms with Gasteiger partial charge in [-0.05, 0) is 96.3 Å². The van der Waals surface area contributed by atoms with E-state index in [1.807, 2.05) is 0 Å². The second-order valence-electron chi connectivity index (χ2n) is 21.0. The van der Waals surface area contributed by atoms with Crippen LogP contribution in [0, 0.1) is 0 Å². The average Bonchev–Trinajstić information content (AvgIpc) is 3.38. The smallest absolute Gasteiger partial charge is 0.306 e. The first-order valence-electron chi connectivity index (χ1n) is 31.5. The molecule has 0 rings (SSSR count). The van der Waals surface area contributed by atoms with Crippen LogP contribution in [0.1, 0.15) is 316 Å². The molecule has 5 heteroatoms. The van der Waals surface area contributed by atoms with Crippen molar-refractivity contribution in [2.75, 3.05) is 19.8 Å². The molecule has 0 saturated carbocycles. The van der Waals surface area contributed by atoms with Gasteiger partial charge >= 0.3 is 11.9 Å². The van der Waals surface area contributed by atoms with Crippen molar-refractivity contribution in [1.29, 1.82) is 0 Å². The molecule has 72 heavy (non-hydrogen) atoms. The highest BCUT2D eigenvalue weighted by Crippen LogP contribution is 2.16. The summed E-state index contributed by atoms with van der Waals surface area (Å²) < 4.78 is 17.5. The molecule has 1 unspecified atom stereocenters. The monoisotopic (exact) mass is 1000 g/mol. The Labute approximate surface area is 448 Å². The topological polar surface area (TPSA) is 61.8 Å². The van der Waals surface area contributed by atoms with Crippen molar-refractivity contribution >= 4 is 11.9 Å². The molecule has 0 saturated heterocycles. The number of carbonyl (C=O) groups is 2. The molecule has 0 spiro atoms. The van der Waals surface area contributed by atoms with Gasteiger partial charge in [0.2, 0.25) is 0 Å². The SMILES string of the molecule is CCCCC/C=C\C/C=C\C/C=C\CCCCCCCCC(=O)OCC(COCCCCCCCCCCCCCCCCCCCC)OC(=O)CCCCCCCC/C=C\C/C=C\C/C=C\CCCCC. The van der Waals surface area contributed by atoms with Crippen molar-refractivity contribution in [3.8, 4) is 0 Å². The predicted molar refractivity (Wildman–Crippen MR) is 316 cm³/mol. The third-order valence-corrected chi connectivity index (χ3v) is 13.7. The Morgan fingerprint density at radius 2 is 0.583 bits per heavy atom. The Bertz CT molecular complexity index is 1270. The first kappa shape index (κ1) is 69.3. The summed E-state index contributed by atoms with van der Waals surface area (Å²) in [7, 11) is 0. The van der Waals surface area contributed by atoms with Gasteiger partial charge in [0, 0.05) is 19.4 Å². The van der Waals surface area contributed by atoms with Gasteiger partial charge in [-0.1, -0.05) is 280 Å². The van der Waals surface area contributed by atoms with Crippen LogP contribution < -0.4 is 0 Å². The van der Waals surface area contributed by atoms with Crippen molar-refractivity contribution in [2.24, 2.45) is 0 Å². The molecule has 0 amide bonds. The number of hydrogen-bond acceptors (Lipinski definition) is 5. The molecule has 0 aromatic heterocycles. The minimum atomic E-state index is -0.551. The molecule has 5 nitrogen and oxygen atoms in total. The Morgan fingerprint density at radius 1 is 0.306 bits per heavy atom. The fourth-order valence-electron chi connectivity index (χ4n) is 9.00. The highest BCUT2D eigenvalue weighted by Gasteiger charge is 2.17. The van der Waals surface area contributed by atoms with Crippen LogP contribution in [0.3, 0.4) is 0 Å². The third-order valence-electron chi connectivity index (χ3n) is 13.7. The lowest BCUT2D eigenvalue weighted by Gasteiger charge is -2.18. The summed E-state index contributed by atoms with van der Waals surface area (Å²) in [5.74, 6) is -0.413. The van der Waals surface area contributed by atoms with Crippen LogP contribution in [0.5, 0.6) is 0 Å². The maximum atomic E-state index is 12.9. The van der Waals surface area contributed by atoms with E-state index in [0.29, 0.717) is 19.4 Å². The maximum Gasteiger partial charge on any atom is 0.306 e. The minimum Gasteiger partial charge on any atom is -0.462 e. The van der Waals surface area contributed by atoms with E-state index in [1.54, 1.807) is 0 Å². The number of allylic oxidation sites excluding steroid dienone is 12. The fourth-order valence-corrected chi connectivity index (χ4v) is 9.00. The quantitative estimate of drug-likeness (QED) is 0.0345. The standard InChI is InChI=1S/C67H120O5/c1-4-7-10-13-16-19-22-25-28-31-34-36-39-42-45-48-51-54-57-60-66(68)71-64-65(63-70-62-59-56-53-50-47-44-41-38-33-30-27-24-21-18-15-12-9-6-3)72-67(69)61-58-55-52-49-46-43-40-37-35-32-29-26-23-20-17-14-11-8-5-2/h16-17,19-20,25-26,28-29,34-37,65H,4-15,18,21-24,27,30-33,38-64H2,1-3H3/b19-16-,20-17-,28-25-,29-26-,36-34-,37-35-. The summed E-state index contributed by atoms with van der Waals surface area (Å²) in [5.41, 5.74) is 0. The van der Waals surface area contributed by atoms with Crippen molar-refractivity contribution in [2.45, 2.75) is 322 Å². The number of unbranched alkanes of at least 4 members (excludes halogenated alkanes) is 35. The van der Waals surface area contributed by atoms with Crippen LogP contribution in [0.15, 0.2) is 72.9 Å². The van der Waals surface area contributed by atoms with Gasteiger partial charge in [0.1, 0.15) is 6.61 Å². The number of ether oxygens (including phenoxy) is 3. The largest absolute Gasteiger partial charge is 0.462 e. The average molecular weight is 1010 g/mol. The van der Waals surface area contributed by atoms with Gasteiger partial charge in [0.05, 0.1) is 6.61 Å². The molecule has 0 bridgehead atoms. The minimum absolute atomic E-state index is 0.0739. The molecule has 0 aliphatic heterocycles. The summed E-state index contributed by atoms with van der Waals surface area (Å²) in [6.45, 7) is 7.80. The molecule has 0 N–H and O–H groups in total. The van der Waals surface area contributed by atoms with Crippen LogP contribution in [0.4, 0.5) is 0 Å². The Morgan fingerprint density at radius 3 is 0.958 bits per heavy atom. The Kier molecular flexibility index (Phi) is 60.3. The molecule has 418 valence electrons. The molecule has 0 aromatic rings. The first-order chi connectivity index (χ1) is 35.6. The maximum absolute atomic E-state index is 12.9. The van der Waals surface area contributed by atoms with Gasteiger partial charge in [-0.15, -0.1) is 0 Å². The lowest BCUT2D eigenvalue weighted by atomic mass is 10.0. The van der Waals surface area contributed by atoms with Gasteiger partial charge < -0.3 is 14.2 Å². The number of carbonyl (C=O) groups excluding carboxylic acids is 2. The third kappa shape index (κ3) is 59.9.